The maximum atomic E-state index is 11.6. The average molecular weight is 268 g/mol. The summed E-state index contributed by atoms with van der Waals surface area (Å²) < 4.78 is 25.8. The van der Waals surface area contributed by atoms with Gasteiger partial charge in [0.05, 0.1) is 5.75 Å². The smallest absolute Gasteiger partial charge is 0.211 e. The zero-order chi connectivity index (χ0) is 12.4. The van der Waals surface area contributed by atoms with Crippen LogP contribution in [-0.4, -0.2) is 45.8 Å². The topological polar surface area (TPSA) is 58.2 Å². The van der Waals surface area contributed by atoms with Crippen molar-refractivity contribution < 1.29 is 8.42 Å². The summed E-state index contributed by atoms with van der Waals surface area (Å²) in [5, 5.41) is 3.11. The number of hydrogen-bond donors (Lipinski definition) is 2. The van der Waals surface area contributed by atoms with Crippen molar-refractivity contribution in [1.82, 2.24) is 10.0 Å². The van der Waals surface area contributed by atoms with E-state index in [4.69, 9.17) is 0 Å². The predicted molar refractivity (Wildman–Crippen MR) is 72.5 cm³/mol. The molecule has 0 spiro atoms. The van der Waals surface area contributed by atoms with Gasteiger partial charge in [0, 0.05) is 6.54 Å². The van der Waals surface area contributed by atoms with Crippen LogP contribution in [0.3, 0.4) is 0 Å². The first kappa shape index (κ1) is 16.2. The lowest BCUT2D eigenvalue weighted by Gasteiger charge is -2.11. The van der Waals surface area contributed by atoms with Gasteiger partial charge >= 0.3 is 0 Å². The van der Waals surface area contributed by atoms with E-state index in [-0.39, 0.29) is 5.75 Å². The van der Waals surface area contributed by atoms with Crippen molar-refractivity contribution in [3.8, 4) is 0 Å². The molecule has 4 nitrogen and oxygen atoms in total. The Morgan fingerprint density at radius 3 is 2.62 bits per heavy atom. The maximum Gasteiger partial charge on any atom is 0.211 e. The molecule has 0 aliphatic rings. The molecule has 6 heteroatoms. The Labute approximate surface area is 104 Å². The second-order valence-corrected chi connectivity index (χ2v) is 6.77. The van der Waals surface area contributed by atoms with Crippen LogP contribution in [0.25, 0.3) is 0 Å². The number of hydrogen-bond acceptors (Lipinski definition) is 4. The first-order chi connectivity index (χ1) is 7.52. The summed E-state index contributed by atoms with van der Waals surface area (Å²) in [4.78, 5) is 0. The quantitative estimate of drug-likeness (QED) is 0.578. The predicted octanol–water partition coefficient (Wildman–Crippen LogP) is 0.905. The van der Waals surface area contributed by atoms with Crippen molar-refractivity contribution in [3.05, 3.63) is 0 Å². The minimum absolute atomic E-state index is 0.214. The molecule has 0 bridgehead atoms. The van der Waals surface area contributed by atoms with E-state index in [0.717, 1.165) is 18.8 Å². The summed E-state index contributed by atoms with van der Waals surface area (Å²) in [5.41, 5.74) is 0. The van der Waals surface area contributed by atoms with E-state index in [0.29, 0.717) is 18.9 Å². The Morgan fingerprint density at radius 2 is 2.06 bits per heavy atom. The van der Waals surface area contributed by atoms with Crippen LogP contribution in [-0.2, 0) is 10.0 Å². The number of nitrogens with one attached hydrogen (secondary N) is 2. The lowest BCUT2D eigenvalue weighted by atomic mass is 10.2. The van der Waals surface area contributed by atoms with Crippen LogP contribution in [0.15, 0.2) is 0 Å². The molecule has 0 rings (SSSR count). The van der Waals surface area contributed by atoms with E-state index < -0.39 is 10.0 Å². The summed E-state index contributed by atoms with van der Waals surface area (Å²) in [6, 6.07) is 0. The molecule has 1 unspecified atom stereocenters. The molecule has 0 aromatic carbocycles. The van der Waals surface area contributed by atoms with E-state index in [2.05, 4.69) is 17.0 Å². The van der Waals surface area contributed by atoms with Crippen LogP contribution >= 0.6 is 11.8 Å². The van der Waals surface area contributed by atoms with Gasteiger partial charge in [-0.1, -0.05) is 13.8 Å². The fourth-order valence-corrected chi connectivity index (χ4v) is 3.14. The molecular formula is C10H24N2O2S2. The Morgan fingerprint density at radius 1 is 1.38 bits per heavy atom. The van der Waals surface area contributed by atoms with E-state index in [9.17, 15) is 8.42 Å². The molecule has 0 radical (unpaired) electrons. The molecule has 2 N–H and O–H groups in total. The Bertz CT molecular complexity index is 256. The van der Waals surface area contributed by atoms with Gasteiger partial charge < -0.3 is 5.32 Å². The third-order valence-electron chi connectivity index (χ3n) is 2.12. The van der Waals surface area contributed by atoms with E-state index in [1.807, 2.05) is 13.2 Å². The highest BCUT2D eigenvalue weighted by Crippen LogP contribution is 2.03. The van der Waals surface area contributed by atoms with Gasteiger partial charge in [0.25, 0.3) is 0 Å². The zero-order valence-corrected chi connectivity index (χ0v) is 12.1. The van der Waals surface area contributed by atoms with E-state index in [1.54, 1.807) is 11.8 Å². The summed E-state index contributed by atoms with van der Waals surface area (Å²) in [6.07, 6.45) is 2.70. The van der Waals surface area contributed by atoms with Gasteiger partial charge in [0.15, 0.2) is 0 Å². The van der Waals surface area contributed by atoms with Gasteiger partial charge in [-0.2, -0.15) is 11.8 Å². The first-order valence-corrected chi connectivity index (χ1v) is 8.73. The van der Waals surface area contributed by atoms with Gasteiger partial charge in [-0.25, -0.2) is 13.1 Å². The van der Waals surface area contributed by atoms with E-state index in [1.165, 1.54) is 0 Å². The summed E-state index contributed by atoms with van der Waals surface area (Å²) >= 11 is 1.74. The van der Waals surface area contributed by atoms with E-state index >= 15 is 0 Å². The molecular weight excluding hydrogens is 244 g/mol. The van der Waals surface area contributed by atoms with Crippen LogP contribution in [0, 0.1) is 5.92 Å². The monoisotopic (exact) mass is 268 g/mol. The Balaban J connectivity index is 3.70. The lowest BCUT2D eigenvalue weighted by Crippen LogP contribution is -2.32. The normalized spacial score (nSPS) is 13.9. The van der Waals surface area contributed by atoms with Crippen LogP contribution in [0.4, 0.5) is 0 Å². The molecule has 0 saturated heterocycles. The van der Waals surface area contributed by atoms with Crippen LogP contribution in [0.5, 0.6) is 0 Å². The molecule has 1 atom stereocenters. The minimum Gasteiger partial charge on any atom is -0.317 e. The number of rotatable bonds is 10. The van der Waals surface area contributed by atoms with Crippen molar-refractivity contribution in [3.63, 3.8) is 0 Å². The number of thioether (sulfide) groups is 1. The third-order valence-corrected chi connectivity index (χ3v) is 4.45. The maximum absolute atomic E-state index is 11.6. The Hall–Kier alpha value is 0.220. The van der Waals surface area contributed by atoms with Crippen molar-refractivity contribution in [2.75, 3.05) is 37.4 Å². The lowest BCUT2D eigenvalue weighted by molar-refractivity contribution is 0.558. The van der Waals surface area contributed by atoms with Crippen molar-refractivity contribution >= 4 is 21.8 Å². The molecule has 0 amide bonds. The molecule has 0 heterocycles. The average Bonchev–Trinajstić information content (AvgIpc) is 2.22. The van der Waals surface area contributed by atoms with Crippen LogP contribution in [0.2, 0.25) is 0 Å². The fraction of sp³-hybridized carbons (Fsp3) is 1.00. The second-order valence-electron chi connectivity index (χ2n) is 3.93. The molecule has 0 aromatic heterocycles. The highest BCUT2D eigenvalue weighted by molar-refractivity contribution is 7.98. The number of sulfonamides is 1. The van der Waals surface area contributed by atoms with Crippen LogP contribution in [0.1, 0.15) is 20.3 Å². The Kier molecular flexibility index (Phi) is 9.40. The van der Waals surface area contributed by atoms with Gasteiger partial charge in [-0.05, 0) is 37.4 Å². The van der Waals surface area contributed by atoms with Crippen molar-refractivity contribution in [2.24, 2.45) is 5.92 Å². The van der Waals surface area contributed by atoms with Gasteiger partial charge in [-0.3, -0.25) is 0 Å². The summed E-state index contributed by atoms with van der Waals surface area (Å²) in [5.74, 6) is 1.59. The van der Waals surface area contributed by atoms with Crippen molar-refractivity contribution in [1.29, 1.82) is 0 Å². The molecule has 16 heavy (non-hydrogen) atoms. The standard InChI is InChI=1S/C10H24N2O2S2/c1-4-11-6-5-7-16(13,14)12-8-10(2)9-15-3/h10-12H,4-9H2,1-3H3. The summed E-state index contributed by atoms with van der Waals surface area (Å²) in [7, 11) is -3.07. The van der Waals surface area contributed by atoms with Gasteiger partial charge in [0.2, 0.25) is 10.0 Å². The van der Waals surface area contributed by atoms with Gasteiger partial charge in [-0.15, -0.1) is 0 Å². The second kappa shape index (κ2) is 9.27. The van der Waals surface area contributed by atoms with Gasteiger partial charge in [0.1, 0.15) is 0 Å². The fourth-order valence-electron chi connectivity index (χ4n) is 1.25. The minimum atomic E-state index is -3.07. The SMILES string of the molecule is CCNCCCS(=O)(=O)NCC(C)CSC. The molecule has 98 valence electrons. The molecule has 0 saturated carbocycles. The third kappa shape index (κ3) is 9.45. The van der Waals surface area contributed by atoms with Crippen molar-refractivity contribution in [2.45, 2.75) is 20.3 Å². The molecule has 0 fully saturated rings. The zero-order valence-electron chi connectivity index (χ0n) is 10.5. The molecule has 0 aromatic rings. The molecule has 0 aliphatic carbocycles. The molecule has 0 aliphatic heterocycles. The largest absolute Gasteiger partial charge is 0.317 e. The highest BCUT2D eigenvalue weighted by atomic mass is 32.2. The van der Waals surface area contributed by atoms with Crippen LogP contribution < -0.4 is 10.0 Å². The highest BCUT2D eigenvalue weighted by Gasteiger charge is 2.11. The summed E-state index contributed by atoms with van der Waals surface area (Å²) in [6.45, 7) is 6.26. The first-order valence-electron chi connectivity index (χ1n) is 5.68.